The summed E-state index contributed by atoms with van der Waals surface area (Å²) in [5.74, 6) is 0.109. The van der Waals surface area contributed by atoms with Gasteiger partial charge in [-0.15, -0.1) is 0 Å². The monoisotopic (exact) mass is 313 g/mol. The fourth-order valence-corrected chi connectivity index (χ4v) is 3.87. The van der Waals surface area contributed by atoms with Gasteiger partial charge in [0.05, 0.1) is 18.5 Å². The van der Waals surface area contributed by atoms with Crippen LogP contribution in [-0.2, 0) is 21.4 Å². The van der Waals surface area contributed by atoms with Crippen LogP contribution in [0, 0.1) is 0 Å². The fraction of sp³-hybridized carbons (Fsp3) is 0.600. The van der Waals surface area contributed by atoms with Crippen molar-refractivity contribution in [2.45, 2.75) is 32.0 Å². The molecule has 1 aliphatic rings. The molecule has 1 aromatic carbocycles. The first kappa shape index (κ1) is 16.4. The molecule has 0 spiro atoms. The highest BCUT2D eigenvalue weighted by atomic mass is 32.2. The van der Waals surface area contributed by atoms with E-state index in [0.717, 1.165) is 5.56 Å². The first-order valence-corrected chi connectivity index (χ1v) is 8.96. The van der Waals surface area contributed by atoms with Crippen LogP contribution in [0.25, 0.3) is 0 Å². The Balaban J connectivity index is 1.65. The van der Waals surface area contributed by atoms with E-state index in [1.807, 2.05) is 30.3 Å². The second-order valence-corrected chi connectivity index (χ2v) is 7.43. The van der Waals surface area contributed by atoms with Gasteiger partial charge in [-0.2, -0.15) is 0 Å². The molecule has 0 aliphatic carbocycles. The first-order valence-electron chi connectivity index (χ1n) is 7.35. The lowest BCUT2D eigenvalue weighted by atomic mass is 10.1. The number of aliphatic hydroxyl groups is 1. The molecule has 6 heteroatoms. The molecule has 0 bridgehead atoms. The van der Waals surface area contributed by atoms with Crippen molar-refractivity contribution in [1.29, 1.82) is 0 Å². The molecular weight excluding hydrogens is 290 g/mol. The third-order valence-electron chi connectivity index (χ3n) is 3.62. The average molecular weight is 313 g/mol. The zero-order chi connectivity index (χ0) is 15.1. The van der Waals surface area contributed by atoms with E-state index in [1.165, 1.54) is 4.31 Å². The van der Waals surface area contributed by atoms with Crippen LogP contribution >= 0.6 is 0 Å². The summed E-state index contributed by atoms with van der Waals surface area (Å²) in [7, 11) is -3.21. The van der Waals surface area contributed by atoms with E-state index in [9.17, 15) is 13.5 Å². The van der Waals surface area contributed by atoms with Gasteiger partial charge in [-0.3, -0.25) is 0 Å². The first-order chi connectivity index (χ1) is 10.1. The number of hydrogen-bond acceptors (Lipinski definition) is 4. The van der Waals surface area contributed by atoms with E-state index in [1.54, 1.807) is 0 Å². The lowest BCUT2D eigenvalue weighted by Gasteiger charge is -2.28. The molecule has 0 amide bonds. The number of sulfonamides is 1. The molecule has 1 saturated heterocycles. The van der Waals surface area contributed by atoms with Gasteiger partial charge in [-0.05, 0) is 24.8 Å². The van der Waals surface area contributed by atoms with Crippen molar-refractivity contribution < 1.29 is 18.3 Å². The van der Waals surface area contributed by atoms with Crippen LogP contribution < -0.4 is 0 Å². The lowest BCUT2D eigenvalue weighted by Crippen LogP contribution is -2.41. The van der Waals surface area contributed by atoms with E-state index in [4.69, 9.17) is 4.74 Å². The van der Waals surface area contributed by atoms with Gasteiger partial charge in [0.25, 0.3) is 0 Å². The van der Waals surface area contributed by atoms with Gasteiger partial charge in [0, 0.05) is 19.7 Å². The van der Waals surface area contributed by atoms with Crippen molar-refractivity contribution in [2.24, 2.45) is 0 Å². The summed E-state index contributed by atoms with van der Waals surface area (Å²) in [4.78, 5) is 0. The van der Waals surface area contributed by atoms with Crippen LogP contribution in [0.15, 0.2) is 30.3 Å². The Bertz CT molecular complexity index is 510. The third-order valence-corrected chi connectivity index (χ3v) is 5.58. The van der Waals surface area contributed by atoms with Crippen LogP contribution in [0.2, 0.25) is 0 Å². The van der Waals surface area contributed by atoms with Crippen molar-refractivity contribution in [2.75, 3.05) is 25.4 Å². The summed E-state index contributed by atoms with van der Waals surface area (Å²) in [6.07, 6.45) is 1.20. The number of nitrogens with zero attached hydrogens (tertiary/aromatic N) is 1. The Morgan fingerprint density at radius 2 is 1.86 bits per heavy atom. The quantitative estimate of drug-likeness (QED) is 0.772. The summed E-state index contributed by atoms with van der Waals surface area (Å²) in [6, 6.07) is 9.82. The fourth-order valence-electron chi connectivity index (χ4n) is 2.36. The maximum absolute atomic E-state index is 12.1. The predicted molar refractivity (Wildman–Crippen MR) is 81.3 cm³/mol. The Morgan fingerprint density at radius 1 is 1.19 bits per heavy atom. The van der Waals surface area contributed by atoms with Crippen molar-refractivity contribution in [1.82, 2.24) is 4.31 Å². The summed E-state index contributed by atoms with van der Waals surface area (Å²) in [5.41, 5.74) is 1.09. The van der Waals surface area contributed by atoms with Crippen LogP contribution in [0.4, 0.5) is 0 Å². The highest BCUT2D eigenvalue weighted by Gasteiger charge is 2.26. The predicted octanol–water partition coefficient (Wildman–Crippen LogP) is 1.38. The van der Waals surface area contributed by atoms with E-state index in [0.29, 0.717) is 45.6 Å². The van der Waals surface area contributed by atoms with Gasteiger partial charge in [-0.1, -0.05) is 30.3 Å². The van der Waals surface area contributed by atoms with E-state index in [2.05, 4.69) is 0 Å². The van der Waals surface area contributed by atoms with E-state index < -0.39 is 10.0 Å². The Morgan fingerprint density at radius 3 is 2.52 bits per heavy atom. The average Bonchev–Trinajstić information content (AvgIpc) is 2.48. The summed E-state index contributed by atoms with van der Waals surface area (Å²) < 4.78 is 31.2. The number of rotatable bonds is 7. The minimum atomic E-state index is -3.21. The number of hydrogen-bond donors (Lipinski definition) is 1. The van der Waals surface area contributed by atoms with Crippen molar-refractivity contribution in [3.05, 3.63) is 35.9 Å². The second kappa shape index (κ2) is 7.89. The van der Waals surface area contributed by atoms with Crippen molar-refractivity contribution in [3.63, 3.8) is 0 Å². The molecule has 1 fully saturated rings. The van der Waals surface area contributed by atoms with Crippen LogP contribution in [0.5, 0.6) is 0 Å². The molecular formula is C15H23NO4S. The van der Waals surface area contributed by atoms with Gasteiger partial charge in [0.1, 0.15) is 0 Å². The Hall–Kier alpha value is -0.950. The van der Waals surface area contributed by atoms with Crippen molar-refractivity contribution in [3.8, 4) is 0 Å². The van der Waals surface area contributed by atoms with E-state index in [-0.39, 0.29) is 11.9 Å². The molecule has 118 valence electrons. The number of benzene rings is 1. The van der Waals surface area contributed by atoms with Gasteiger partial charge in [0.2, 0.25) is 10.0 Å². The van der Waals surface area contributed by atoms with E-state index >= 15 is 0 Å². The molecule has 2 rings (SSSR count). The SMILES string of the molecule is O=S(=O)(CCCOCc1ccccc1)N1CCC(O)CC1. The number of piperidine rings is 1. The topological polar surface area (TPSA) is 66.8 Å². The minimum Gasteiger partial charge on any atom is -0.393 e. The Kier molecular flexibility index (Phi) is 6.17. The zero-order valence-corrected chi connectivity index (χ0v) is 13.0. The van der Waals surface area contributed by atoms with Crippen LogP contribution in [0.3, 0.4) is 0 Å². The summed E-state index contributed by atoms with van der Waals surface area (Å²) in [6.45, 7) is 1.80. The van der Waals surface area contributed by atoms with Crippen LogP contribution in [0.1, 0.15) is 24.8 Å². The second-order valence-electron chi connectivity index (χ2n) is 5.34. The minimum absolute atomic E-state index is 0.109. The zero-order valence-electron chi connectivity index (χ0n) is 12.1. The molecule has 1 heterocycles. The highest BCUT2D eigenvalue weighted by molar-refractivity contribution is 7.89. The molecule has 0 unspecified atom stereocenters. The number of aliphatic hydroxyl groups excluding tert-OH is 1. The molecule has 5 nitrogen and oxygen atoms in total. The largest absolute Gasteiger partial charge is 0.393 e. The molecule has 1 N–H and O–H groups in total. The molecule has 0 atom stereocenters. The Labute approximate surface area is 126 Å². The molecule has 1 aromatic rings. The standard InChI is InChI=1S/C15H23NO4S/c17-15-7-9-16(10-8-15)21(18,19)12-4-11-20-13-14-5-2-1-3-6-14/h1-3,5-6,15,17H,4,7-13H2. The molecule has 0 aromatic heterocycles. The van der Waals surface area contributed by atoms with Gasteiger partial charge in [-0.25, -0.2) is 12.7 Å². The molecule has 21 heavy (non-hydrogen) atoms. The van der Waals surface area contributed by atoms with Gasteiger partial charge in [0.15, 0.2) is 0 Å². The lowest BCUT2D eigenvalue weighted by molar-refractivity contribution is 0.111. The highest BCUT2D eigenvalue weighted by Crippen LogP contribution is 2.14. The summed E-state index contributed by atoms with van der Waals surface area (Å²) in [5, 5.41) is 9.41. The number of ether oxygens (including phenoxy) is 1. The summed E-state index contributed by atoms with van der Waals surface area (Å²) >= 11 is 0. The van der Waals surface area contributed by atoms with Crippen molar-refractivity contribution >= 4 is 10.0 Å². The normalized spacial score (nSPS) is 18.0. The van der Waals surface area contributed by atoms with Crippen LogP contribution in [-0.4, -0.2) is 49.4 Å². The maximum Gasteiger partial charge on any atom is 0.214 e. The molecule has 1 aliphatic heterocycles. The molecule has 0 saturated carbocycles. The maximum atomic E-state index is 12.1. The smallest absolute Gasteiger partial charge is 0.214 e. The molecule has 0 radical (unpaired) electrons. The third kappa shape index (κ3) is 5.39. The van der Waals surface area contributed by atoms with Gasteiger partial charge < -0.3 is 9.84 Å². The van der Waals surface area contributed by atoms with Gasteiger partial charge >= 0.3 is 0 Å².